The van der Waals surface area contributed by atoms with Gasteiger partial charge in [-0.3, -0.25) is 4.79 Å². The molecule has 0 aliphatic carbocycles. The van der Waals surface area contributed by atoms with E-state index in [0.717, 1.165) is 11.8 Å². The largest absolute Gasteiger partial charge is 0.472 e. The smallest absolute Gasteiger partial charge is 0.153 e. The van der Waals surface area contributed by atoms with Gasteiger partial charge in [-0.05, 0) is 12.5 Å². The molecular formula is C6H6O2. The molecule has 0 radical (unpaired) electrons. The Kier molecular flexibility index (Phi) is 1.16. The van der Waals surface area contributed by atoms with Gasteiger partial charge in [-0.1, -0.05) is 0 Å². The number of aryl methyl sites for hydroxylation is 1. The zero-order chi connectivity index (χ0) is 5.98. The van der Waals surface area contributed by atoms with Gasteiger partial charge in [-0.2, -0.15) is 0 Å². The van der Waals surface area contributed by atoms with Crippen molar-refractivity contribution in [2.45, 2.75) is 6.92 Å². The van der Waals surface area contributed by atoms with E-state index < -0.39 is 0 Å². The molecule has 0 N–H and O–H groups in total. The van der Waals surface area contributed by atoms with Crippen LogP contribution < -0.4 is 0 Å². The molecule has 0 bridgehead atoms. The second-order valence-electron chi connectivity index (χ2n) is 1.63. The predicted molar refractivity (Wildman–Crippen MR) is 28.8 cm³/mol. The van der Waals surface area contributed by atoms with Crippen LogP contribution >= 0.6 is 0 Å². The molecule has 0 amide bonds. The Hall–Kier alpha value is -1.05. The van der Waals surface area contributed by atoms with Gasteiger partial charge in [-0.15, -0.1) is 0 Å². The Labute approximate surface area is 47.1 Å². The quantitative estimate of drug-likeness (QED) is 0.511. The number of rotatable bonds is 1. The van der Waals surface area contributed by atoms with Gasteiger partial charge < -0.3 is 4.42 Å². The van der Waals surface area contributed by atoms with E-state index in [1.54, 1.807) is 6.26 Å². The Bertz CT molecular complexity index is 188. The molecule has 8 heavy (non-hydrogen) atoms. The van der Waals surface area contributed by atoms with Gasteiger partial charge in [0.15, 0.2) is 6.29 Å². The molecule has 2 heteroatoms. The molecule has 1 aromatic rings. The lowest BCUT2D eigenvalue weighted by molar-refractivity contribution is 0.112. The van der Waals surface area contributed by atoms with Crippen LogP contribution in [0.2, 0.25) is 0 Å². The van der Waals surface area contributed by atoms with Crippen molar-refractivity contribution in [2.24, 2.45) is 0 Å². The minimum Gasteiger partial charge on any atom is -0.472 e. The second kappa shape index (κ2) is 1.82. The fourth-order valence-electron chi connectivity index (χ4n) is 0.491. The van der Waals surface area contributed by atoms with E-state index in [1.807, 2.05) is 6.92 Å². The summed E-state index contributed by atoms with van der Waals surface area (Å²) in [7, 11) is 0. The van der Waals surface area contributed by atoms with Gasteiger partial charge in [0.25, 0.3) is 0 Å². The molecule has 0 saturated carbocycles. The molecule has 1 rings (SSSR count). The summed E-state index contributed by atoms with van der Waals surface area (Å²) in [6.45, 7) is 1.83. The van der Waals surface area contributed by atoms with Crippen LogP contribution in [0, 0.1) is 6.92 Å². The molecule has 1 heterocycles. The van der Waals surface area contributed by atoms with E-state index in [1.165, 1.54) is 6.26 Å². The van der Waals surface area contributed by atoms with Gasteiger partial charge in [0.05, 0.1) is 11.8 Å². The van der Waals surface area contributed by atoms with Gasteiger partial charge in [0.2, 0.25) is 0 Å². The van der Waals surface area contributed by atoms with Crippen LogP contribution in [0.25, 0.3) is 0 Å². The SMILES string of the molecule is Cc1cocc1C=O. The van der Waals surface area contributed by atoms with Gasteiger partial charge in [0.1, 0.15) is 6.26 Å². The molecule has 0 fully saturated rings. The number of hydrogen-bond acceptors (Lipinski definition) is 2. The highest BCUT2D eigenvalue weighted by molar-refractivity contribution is 5.76. The fourth-order valence-corrected chi connectivity index (χ4v) is 0.491. The Morgan fingerprint density at radius 3 is 2.62 bits per heavy atom. The summed E-state index contributed by atoms with van der Waals surface area (Å²) < 4.78 is 4.70. The maximum absolute atomic E-state index is 10.0. The Balaban J connectivity index is 3.09. The summed E-state index contributed by atoms with van der Waals surface area (Å²) in [6, 6.07) is 0. The van der Waals surface area contributed by atoms with Crippen molar-refractivity contribution in [3.8, 4) is 0 Å². The fraction of sp³-hybridized carbons (Fsp3) is 0.167. The van der Waals surface area contributed by atoms with Crippen molar-refractivity contribution in [2.75, 3.05) is 0 Å². The van der Waals surface area contributed by atoms with Crippen molar-refractivity contribution in [3.63, 3.8) is 0 Å². The van der Waals surface area contributed by atoms with Crippen LogP contribution in [0.15, 0.2) is 16.9 Å². The first-order valence-corrected chi connectivity index (χ1v) is 2.32. The zero-order valence-electron chi connectivity index (χ0n) is 4.55. The normalized spacial score (nSPS) is 9.12. The topological polar surface area (TPSA) is 30.2 Å². The van der Waals surface area contributed by atoms with Crippen molar-refractivity contribution in [1.29, 1.82) is 0 Å². The number of furan rings is 1. The summed E-state index contributed by atoms with van der Waals surface area (Å²) in [6.07, 6.45) is 3.75. The molecule has 0 aromatic carbocycles. The van der Waals surface area contributed by atoms with Crippen molar-refractivity contribution < 1.29 is 9.21 Å². The summed E-state index contributed by atoms with van der Waals surface area (Å²) in [5.74, 6) is 0. The van der Waals surface area contributed by atoms with Crippen LogP contribution in [-0.2, 0) is 0 Å². The monoisotopic (exact) mass is 110 g/mol. The minimum atomic E-state index is 0.630. The highest BCUT2D eigenvalue weighted by atomic mass is 16.3. The Morgan fingerprint density at radius 1 is 1.62 bits per heavy atom. The number of carbonyl (C=O) groups is 1. The molecule has 1 aromatic heterocycles. The first-order valence-electron chi connectivity index (χ1n) is 2.32. The maximum Gasteiger partial charge on any atom is 0.153 e. The molecule has 0 saturated heterocycles. The molecular weight excluding hydrogens is 104 g/mol. The van der Waals surface area contributed by atoms with Crippen LogP contribution in [0.4, 0.5) is 0 Å². The standard InChI is InChI=1S/C6H6O2/c1-5-3-8-4-6(5)2-7/h2-4H,1H3. The van der Waals surface area contributed by atoms with Crippen LogP contribution in [0.3, 0.4) is 0 Å². The zero-order valence-corrected chi connectivity index (χ0v) is 4.55. The average molecular weight is 110 g/mol. The number of hydrogen-bond donors (Lipinski definition) is 0. The van der Waals surface area contributed by atoms with Gasteiger partial charge >= 0.3 is 0 Å². The molecule has 0 atom stereocenters. The first-order chi connectivity index (χ1) is 3.84. The summed E-state index contributed by atoms with van der Waals surface area (Å²) in [5.41, 5.74) is 1.52. The van der Waals surface area contributed by atoms with E-state index >= 15 is 0 Å². The second-order valence-corrected chi connectivity index (χ2v) is 1.63. The van der Waals surface area contributed by atoms with Crippen LogP contribution in [-0.4, -0.2) is 6.29 Å². The van der Waals surface area contributed by atoms with Crippen molar-refractivity contribution in [1.82, 2.24) is 0 Å². The van der Waals surface area contributed by atoms with Crippen LogP contribution in [0.1, 0.15) is 15.9 Å². The highest BCUT2D eigenvalue weighted by Gasteiger charge is 1.94. The summed E-state index contributed by atoms with van der Waals surface area (Å²) in [4.78, 5) is 10.0. The minimum absolute atomic E-state index is 0.630. The summed E-state index contributed by atoms with van der Waals surface area (Å²) >= 11 is 0. The van der Waals surface area contributed by atoms with E-state index in [9.17, 15) is 4.79 Å². The van der Waals surface area contributed by atoms with Crippen molar-refractivity contribution in [3.05, 3.63) is 23.7 Å². The number of carbonyl (C=O) groups excluding carboxylic acids is 1. The molecule has 0 aliphatic heterocycles. The van der Waals surface area contributed by atoms with Crippen LogP contribution in [0.5, 0.6) is 0 Å². The Morgan fingerprint density at radius 2 is 2.38 bits per heavy atom. The highest BCUT2D eigenvalue weighted by Crippen LogP contribution is 2.03. The predicted octanol–water partition coefficient (Wildman–Crippen LogP) is 1.40. The summed E-state index contributed by atoms with van der Waals surface area (Å²) in [5, 5.41) is 0. The lowest BCUT2D eigenvalue weighted by Crippen LogP contribution is -1.74. The van der Waals surface area contributed by atoms with Gasteiger partial charge in [0, 0.05) is 0 Å². The molecule has 2 nitrogen and oxygen atoms in total. The first kappa shape index (κ1) is 5.09. The van der Waals surface area contributed by atoms with E-state index in [4.69, 9.17) is 4.42 Å². The average Bonchev–Trinajstić information content (AvgIpc) is 2.14. The molecule has 0 unspecified atom stereocenters. The van der Waals surface area contributed by atoms with E-state index in [2.05, 4.69) is 0 Å². The third-order valence-corrected chi connectivity index (χ3v) is 1.02. The third-order valence-electron chi connectivity index (χ3n) is 1.02. The van der Waals surface area contributed by atoms with Crippen molar-refractivity contribution >= 4 is 6.29 Å². The van der Waals surface area contributed by atoms with E-state index in [-0.39, 0.29) is 0 Å². The third kappa shape index (κ3) is 0.644. The molecule has 0 aliphatic rings. The molecule has 42 valence electrons. The number of aldehydes is 1. The van der Waals surface area contributed by atoms with E-state index in [0.29, 0.717) is 5.56 Å². The lowest BCUT2D eigenvalue weighted by atomic mass is 10.2. The van der Waals surface area contributed by atoms with Gasteiger partial charge in [-0.25, -0.2) is 0 Å². The maximum atomic E-state index is 10.0. The lowest BCUT2D eigenvalue weighted by Gasteiger charge is -1.76. The molecule has 0 spiro atoms.